The van der Waals surface area contributed by atoms with Gasteiger partial charge in [-0.3, -0.25) is 4.79 Å². The van der Waals surface area contributed by atoms with Crippen LogP contribution >= 0.6 is 0 Å². The molecule has 0 radical (unpaired) electrons. The topological polar surface area (TPSA) is 52.6 Å². The predicted molar refractivity (Wildman–Crippen MR) is 109 cm³/mol. The van der Waals surface area contributed by atoms with Gasteiger partial charge >= 0.3 is 0 Å². The number of nitrogens with zero attached hydrogens (tertiary/aromatic N) is 1. The van der Waals surface area contributed by atoms with Crippen LogP contribution in [0.2, 0.25) is 0 Å². The number of unbranched alkanes of at least 4 members (excludes halogenated alkanes) is 7. The molecule has 0 fully saturated rings. The van der Waals surface area contributed by atoms with Gasteiger partial charge in [0.2, 0.25) is 5.91 Å². The molecule has 2 N–H and O–H groups in total. The first kappa shape index (κ1) is 20.8. The van der Waals surface area contributed by atoms with Crippen molar-refractivity contribution >= 4 is 11.6 Å². The van der Waals surface area contributed by atoms with Gasteiger partial charge in [-0.2, -0.15) is 0 Å². The van der Waals surface area contributed by atoms with E-state index in [1.54, 1.807) is 0 Å². The molecule has 1 aliphatic rings. The molecule has 26 heavy (non-hydrogen) atoms. The van der Waals surface area contributed by atoms with Crippen LogP contribution in [0.4, 0.5) is 5.69 Å². The molecule has 1 amide bonds. The lowest BCUT2D eigenvalue weighted by atomic mass is 9.97. The van der Waals surface area contributed by atoms with Crippen molar-refractivity contribution in [1.82, 2.24) is 5.32 Å². The number of hydrogen-bond acceptors (Lipinski definition) is 3. The van der Waals surface area contributed by atoms with E-state index in [1.165, 1.54) is 50.5 Å². The van der Waals surface area contributed by atoms with Crippen LogP contribution in [0.5, 0.6) is 0 Å². The molecule has 1 aromatic rings. The number of hydrogen-bond donors (Lipinski definition) is 2. The molecule has 1 aliphatic heterocycles. The molecule has 146 valence electrons. The van der Waals surface area contributed by atoms with Gasteiger partial charge in [0.1, 0.15) is 6.04 Å². The van der Waals surface area contributed by atoms with E-state index < -0.39 is 0 Å². The fourth-order valence-electron chi connectivity index (χ4n) is 3.89. The third-order valence-corrected chi connectivity index (χ3v) is 5.51. The SMILES string of the molecule is CCCCCCCCCC[C@H]1C(=O)N[C@@H](CO)Cc2ccccc2N1C. The standard InChI is InChI=1S/C22H36N2O2/c1-3-4-5-6-7-8-9-10-15-21-22(26)23-19(17-25)16-18-13-11-12-14-20(18)24(21)2/h11-14,19,21,25H,3-10,15-17H2,1-2H3,(H,23,26)/t19-,21+/m1/s1. The minimum absolute atomic E-state index is 0.0196. The Morgan fingerprint density at radius 2 is 1.73 bits per heavy atom. The first-order valence-electron chi connectivity index (χ1n) is 10.4. The minimum atomic E-state index is -0.196. The highest BCUT2D eigenvalue weighted by Crippen LogP contribution is 2.26. The number of fused-ring (bicyclic) bond motifs is 1. The second kappa shape index (κ2) is 11.2. The molecule has 4 heteroatoms. The summed E-state index contributed by atoms with van der Waals surface area (Å²) in [6.45, 7) is 2.23. The fraction of sp³-hybridized carbons (Fsp3) is 0.682. The number of aliphatic hydroxyl groups is 1. The quantitative estimate of drug-likeness (QED) is 0.619. The number of carbonyl (C=O) groups is 1. The van der Waals surface area contributed by atoms with E-state index in [9.17, 15) is 9.90 Å². The van der Waals surface area contributed by atoms with Crippen molar-refractivity contribution < 1.29 is 9.90 Å². The molecular formula is C22H36N2O2. The minimum Gasteiger partial charge on any atom is -0.394 e. The Bertz CT molecular complexity index is 547. The maximum atomic E-state index is 12.7. The summed E-state index contributed by atoms with van der Waals surface area (Å²) in [7, 11) is 2.02. The molecule has 4 nitrogen and oxygen atoms in total. The van der Waals surface area contributed by atoms with Gasteiger partial charge < -0.3 is 15.3 Å². The molecule has 0 saturated carbocycles. The second-order valence-corrected chi connectivity index (χ2v) is 7.61. The molecule has 1 heterocycles. The van der Waals surface area contributed by atoms with Crippen molar-refractivity contribution in [2.75, 3.05) is 18.6 Å². The first-order valence-corrected chi connectivity index (χ1v) is 10.4. The zero-order chi connectivity index (χ0) is 18.8. The Kier molecular flexibility index (Phi) is 8.96. The van der Waals surface area contributed by atoms with Gasteiger partial charge in [-0.25, -0.2) is 0 Å². The highest BCUT2D eigenvalue weighted by atomic mass is 16.3. The Morgan fingerprint density at radius 1 is 1.08 bits per heavy atom. The summed E-state index contributed by atoms with van der Waals surface area (Å²) >= 11 is 0. The van der Waals surface area contributed by atoms with Gasteiger partial charge in [0, 0.05) is 12.7 Å². The zero-order valence-corrected chi connectivity index (χ0v) is 16.5. The number of likely N-dealkylation sites (N-methyl/N-ethyl adjacent to an activating group) is 1. The molecule has 0 aliphatic carbocycles. The molecule has 1 aromatic carbocycles. The summed E-state index contributed by atoms with van der Waals surface area (Å²) in [4.78, 5) is 14.9. The monoisotopic (exact) mass is 360 g/mol. The van der Waals surface area contributed by atoms with E-state index >= 15 is 0 Å². The van der Waals surface area contributed by atoms with Crippen LogP contribution in [0.25, 0.3) is 0 Å². The summed E-state index contributed by atoms with van der Waals surface area (Å²) in [6, 6.07) is 7.88. The molecule has 2 atom stereocenters. The highest BCUT2D eigenvalue weighted by molar-refractivity contribution is 5.86. The highest BCUT2D eigenvalue weighted by Gasteiger charge is 2.29. The normalized spacial score (nSPS) is 20.3. The van der Waals surface area contributed by atoms with E-state index in [-0.39, 0.29) is 24.6 Å². The molecule has 0 aromatic heterocycles. The van der Waals surface area contributed by atoms with Crippen molar-refractivity contribution in [3.63, 3.8) is 0 Å². The van der Waals surface area contributed by atoms with Gasteiger partial charge in [-0.1, -0.05) is 76.5 Å². The Hall–Kier alpha value is -1.55. The van der Waals surface area contributed by atoms with E-state index in [4.69, 9.17) is 0 Å². The number of para-hydroxylation sites is 1. The van der Waals surface area contributed by atoms with Crippen LogP contribution in [0.1, 0.15) is 70.3 Å². The van der Waals surface area contributed by atoms with E-state index in [2.05, 4.69) is 29.3 Å². The average Bonchev–Trinajstić information content (AvgIpc) is 2.65. The number of amides is 1. The number of benzene rings is 1. The van der Waals surface area contributed by atoms with Crippen molar-refractivity contribution in [1.29, 1.82) is 0 Å². The zero-order valence-electron chi connectivity index (χ0n) is 16.5. The van der Waals surface area contributed by atoms with Crippen LogP contribution in [0.3, 0.4) is 0 Å². The molecule has 2 rings (SSSR count). The van der Waals surface area contributed by atoms with Gasteiger partial charge in [0.15, 0.2) is 0 Å². The molecule has 0 saturated heterocycles. The summed E-state index contributed by atoms with van der Waals surface area (Å²) in [5.41, 5.74) is 2.31. The molecule has 0 spiro atoms. The van der Waals surface area contributed by atoms with Crippen LogP contribution in [-0.4, -0.2) is 36.8 Å². The first-order chi connectivity index (χ1) is 12.7. The second-order valence-electron chi connectivity index (χ2n) is 7.61. The third kappa shape index (κ3) is 6.01. The van der Waals surface area contributed by atoms with Gasteiger partial charge in [0.25, 0.3) is 0 Å². The van der Waals surface area contributed by atoms with Gasteiger partial charge in [-0.15, -0.1) is 0 Å². The Morgan fingerprint density at radius 3 is 2.42 bits per heavy atom. The van der Waals surface area contributed by atoms with E-state index in [0.717, 1.165) is 18.5 Å². The summed E-state index contributed by atoms with van der Waals surface area (Å²) in [5.74, 6) is 0.0454. The molecule has 0 bridgehead atoms. The number of carbonyl (C=O) groups excluding carboxylic acids is 1. The number of rotatable bonds is 10. The summed E-state index contributed by atoms with van der Waals surface area (Å²) in [6.07, 6.45) is 11.7. The lowest BCUT2D eigenvalue weighted by molar-refractivity contribution is -0.123. The van der Waals surface area contributed by atoms with Crippen LogP contribution in [0, 0.1) is 0 Å². The number of nitrogens with one attached hydrogen (secondary N) is 1. The maximum absolute atomic E-state index is 12.7. The van der Waals surface area contributed by atoms with Crippen molar-refractivity contribution in [3.05, 3.63) is 29.8 Å². The van der Waals surface area contributed by atoms with Crippen LogP contribution in [-0.2, 0) is 11.2 Å². The summed E-state index contributed by atoms with van der Waals surface area (Å²) in [5, 5.41) is 12.6. The van der Waals surface area contributed by atoms with E-state index in [1.807, 2.05) is 19.2 Å². The fourth-order valence-corrected chi connectivity index (χ4v) is 3.89. The van der Waals surface area contributed by atoms with Crippen LogP contribution in [0.15, 0.2) is 24.3 Å². The number of aliphatic hydroxyl groups excluding tert-OH is 1. The van der Waals surface area contributed by atoms with Gasteiger partial charge in [0.05, 0.1) is 12.6 Å². The summed E-state index contributed by atoms with van der Waals surface area (Å²) < 4.78 is 0. The largest absolute Gasteiger partial charge is 0.394 e. The Balaban J connectivity index is 1.91. The van der Waals surface area contributed by atoms with Crippen molar-refractivity contribution in [2.24, 2.45) is 0 Å². The predicted octanol–water partition coefficient (Wildman–Crippen LogP) is 4.06. The molecule has 0 unspecified atom stereocenters. The Labute approximate surface area is 159 Å². The van der Waals surface area contributed by atoms with E-state index in [0.29, 0.717) is 6.42 Å². The lowest BCUT2D eigenvalue weighted by Crippen LogP contribution is -2.52. The van der Waals surface area contributed by atoms with Crippen molar-refractivity contribution in [2.45, 2.75) is 83.2 Å². The molecular weight excluding hydrogens is 324 g/mol. The smallest absolute Gasteiger partial charge is 0.242 e. The third-order valence-electron chi connectivity index (χ3n) is 5.51. The number of anilines is 1. The lowest BCUT2D eigenvalue weighted by Gasteiger charge is -2.35. The van der Waals surface area contributed by atoms with Crippen LogP contribution < -0.4 is 10.2 Å². The van der Waals surface area contributed by atoms with Crippen molar-refractivity contribution in [3.8, 4) is 0 Å². The maximum Gasteiger partial charge on any atom is 0.242 e. The average molecular weight is 361 g/mol. The van der Waals surface area contributed by atoms with Gasteiger partial charge in [-0.05, 0) is 24.5 Å².